The summed E-state index contributed by atoms with van der Waals surface area (Å²) in [6.07, 6.45) is 4.02. The van der Waals surface area contributed by atoms with E-state index in [1.165, 1.54) is 0 Å². The van der Waals surface area contributed by atoms with Crippen molar-refractivity contribution >= 4 is 6.29 Å². The van der Waals surface area contributed by atoms with Crippen LogP contribution in [0.4, 0.5) is 0 Å². The Kier molecular flexibility index (Phi) is 3.57. The second kappa shape index (κ2) is 5.31. The number of hydrogen-bond acceptors (Lipinski definition) is 4. The van der Waals surface area contributed by atoms with E-state index in [0.717, 1.165) is 17.4 Å². The molecule has 0 aliphatic carbocycles. The summed E-state index contributed by atoms with van der Waals surface area (Å²) in [5, 5.41) is 0. The van der Waals surface area contributed by atoms with Gasteiger partial charge >= 0.3 is 0 Å². The molecule has 2 rings (SSSR count). The molecule has 0 saturated heterocycles. The number of rotatable bonds is 4. The molecule has 0 bridgehead atoms. The lowest BCUT2D eigenvalue weighted by atomic mass is 10.0. The van der Waals surface area contributed by atoms with E-state index in [2.05, 4.69) is 4.98 Å². The molecule has 0 amide bonds. The fourth-order valence-corrected chi connectivity index (χ4v) is 1.83. The van der Waals surface area contributed by atoms with E-state index in [0.29, 0.717) is 17.1 Å². The molecule has 0 unspecified atom stereocenters. The maximum Gasteiger partial charge on any atom is 0.168 e. The van der Waals surface area contributed by atoms with Gasteiger partial charge in [0.1, 0.15) is 0 Å². The van der Waals surface area contributed by atoms with Crippen LogP contribution in [0.25, 0.3) is 11.1 Å². The first-order valence-corrected chi connectivity index (χ1v) is 5.42. The molecule has 18 heavy (non-hydrogen) atoms. The van der Waals surface area contributed by atoms with Gasteiger partial charge in [-0.15, -0.1) is 0 Å². The van der Waals surface area contributed by atoms with Gasteiger partial charge in [-0.05, 0) is 12.1 Å². The fourth-order valence-electron chi connectivity index (χ4n) is 1.83. The van der Waals surface area contributed by atoms with Gasteiger partial charge in [0.15, 0.2) is 17.8 Å². The van der Waals surface area contributed by atoms with E-state index in [9.17, 15) is 4.79 Å². The second-order valence-electron chi connectivity index (χ2n) is 3.62. The maximum atomic E-state index is 11.1. The Balaban J connectivity index is 2.67. The number of carbonyl (C=O) groups is 1. The van der Waals surface area contributed by atoms with Crippen molar-refractivity contribution in [1.82, 2.24) is 4.98 Å². The van der Waals surface area contributed by atoms with Crippen molar-refractivity contribution in [1.29, 1.82) is 0 Å². The first-order chi connectivity index (χ1) is 8.81. The summed E-state index contributed by atoms with van der Waals surface area (Å²) in [4.78, 5) is 15.1. The third kappa shape index (κ3) is 2.05. The lowest BCUT2D eigenvalue weighted by molar-refractivity contribution is 0.112. The van der Waals surface area contributed by atoms with Crippen molar-refractivity contribution < 1.29 is 14.3 Å². The van der Waals surface area contributed by atoms with Gasteiger partial charge in [-0.3, -0.25) is 9.78 Å². The van der Waals surface area contributed by atoms with Crippen LogP contribution in [0.3, 0.4) is 0 Å². The van der Waals surface area contributed by atoms with Gasteiger partial charge in [0.2, 0.25) is 0 Å². The average Bonchev–Trinajstić information content (AvgIpc) is 2.46. The summed E-state index contributed by atoms with van der Waals surface area (Å²) >= 11 is 0. The van der Waals surface area contributed by atoms with Crippen LogP contribution >= 0.6 is 0 Å². The van der Waals surface area contributed by atoms with Crippen molar-refractivity contribution in [2.24, 2.45) is 0 Å². The molecule has 0 aliphatic heterocycles. The number of ether oxygens (including phenoxy) is 2. The first-order valence-electron chi connectivity index (χ1n) is 5.42. The van der Waals surface area contributed by atoms with Crippen molar-refractivity contribution in [2.45, 2.75) is 0 Å². The van der Waals surface area contributed by atoms with Crippen molar-refractivity contribution in [3.63, 3.8) is 0 Å². The minimum atomic E-state index is 0.566. The molecule has 2 aromatic rings. The van der Waals surface area contributed by atoms with Crippen LogP contribution in [0.2, 0.25) is 0 Å². The standard InChI is InChI=1S/C14H13NO3/c1-17-13-5-3-4-11(14(13)18-2)12-8-15-7-6-10(12)9-16/h3-9H,1-2H3. The molecule has 4 heteroatoms. The molecule has 0 fully saturated rings. The number of carbonyl (C=O) groups excluding carboxylic acids is 1. The van der Waals surface area contributed by atoms with Crippen LogP contribution in [0, 0.1) is 0 Å². The minimum Gasteiger partial charge on any atom is -0.493 e. The maximum absolute atomic E-state index is 11.1. The molecule has 0 radical (unpaired) electrons. The predicted molar refractivity (Wildman–Crippen MR) is 68.2 cm³/mol. The largest absolute Gasteiger partial charge is 0.493 e. The number of aromatic nitrogens is 1. The molecule has 92 valence electrons. The minimum absolute atomic E-state index is 0.566. The van der Waals surface area contributed by atoms with Gasteiger partial charge in [0.05, 0.1) is 14.2 Å². The van der Waals surface area contributed by atoms with Gasteiger partial charge in [-0.1, -0.05) is 12.1 Å². The lowest BCUT2D eigenvalue weighted by Gasteiger charge is -2.13. The zero-order valence-electron chi connectivity index (χ0n) is 10.2. The number of pyridine rings is 1. The number of nitrogens with zero attached hydrogens (tertiary/aromatic N) is 1. The molecule has 0 atom stereocenters. The zero-order valence-corrected chi connectivity index (χ0v) is 10.2. The molecule has 0 saturated carbocycles. The fraction of sp³-hybridized carbons (Fsp3) is 0.143. The van der Waals surface area contributed by atoms with Gasteiger partial charge in [0, 0.05) is 29.1 Å². The normalized spacial score (nSPS) is 9.89. The zero-order chi connectivity index (χ0) is 13.0. The molecule has 0 N–H and O–H groups in total. The highest BCUT2D eigenvalue weighted by Gasteiger charge is 2.13. The van der Waals surface area contributed by atoms with Gasteiger partial charge in [-0.25, -0.2) is 0 Å². The quantitative estimate of drug-likeness (QED) is 0.774. The van der Waals surface area contributed by atoms with E-state index >= 15 is 0 Å². The SMILES string of the molecule is COc1cccc(-c2cnccc2C=O)c1OC. The highest BCUT2D eigenvalue weighted by Crippen LogP contribution is 2.38. The molecular weight excluding hydrogens is 230 g/mol. The van der Waals surface area contributed by atoms with Crippen LogP contribution in [0.1, 0.15) is 10.4 Å². The van der Waals surface area contributed by atoms with Gasteiger partial charge in [-0.2, -0.15) is 0 Å². The summed E-state index contributed by atoms with van der Waals surface area (Å²) in [5.74, 6) is 1.21. The molecule has 0 spiro atoms. The summed E-state index contributed by atoms with van der Waals surface area (Å²) in [6.45, 7) is 0. The number of aldehydes is 1. The molecule has 1 heterocycles. The van der Waals surface area contributed by atoms with E-state index in [4.69, 9.17) is 9.47 Å². The molecular formula is C14H13NO3. The Hall–Kier alpha value is -2.36. The van der Waals surface area contributed by atoms with Crippen LogP contribution in [-0.4, -0.2) is 25.5 Å². The van der Waals surface area contributed by atoms with Crippen LogP contribution < -0.4 is 9.47 Å². The third-order valence-corrected chi connectivity index (χ3v) is 2.67. The smallest absolute Gasteiger partial charge is 0.168 e. The number of benzene rings is 1. The van der Waals surface area contributed by atoms with Gasteiger partial charge < -0.3 is 9.47 Å². The Morgan fingerprint density at radius 3 is 2.61 bits per heavy atom. The Morgan fingerprint density at radius 2 is 1.94 bits per heavy atom. The topological polar surface area (TPSA) is 48.4 Å². The van der Waals surface area contributed by atoms with Crippen molar-refractivity contribution in [3.8, 4) is 22.6 Å². The summed E-state index contributed by atoms with van der Waals surface area (Å²) < 4.78 is 10.6. The third-order valence-electron chi connectivity index (χ3n) is 2.67. The Morgan fingerprint density at radius 1 is 1.11 bits per heavy atom. The summed E-state index contributed by atoms with van der Waals surface area (Å²) in [6, 6.07) is 7.18. The predicted octanol–water partition coefficient (Wildman–Crippen LogP) is 2.58. The monoisotopic (exact) mass is 243 g/mol. The van der Waals surface area contributed by atoms with E-state index in [1.54, 1.807) is 38.7 Å². The summed E-state index contributed by atoms with van der Waals surface area (Å²) in [5.41, 5.74) is 2.08. The average molecular weight is 243 g/mol. The molecule has 0 aliphatic rings. The Bertz CT molecular complexity index is 567. The number of para-hydroxylation sites is 1. The van der Waals surface area contributed by atoms with Crippen LogP contribution in [0.5, 0.6) is 11.5 Å². The highest BCUT2D eigenvalue weighted by atomic mass is 16.5. The van der Waals surface area contributed by atoms with E-state index in [-0.39, 0.29) is 0 Å². The number of hydrogen-bond donors (Lipinski definition) is 0. The van der Waals surface area contributed by atoms with Crippen molar-refractivity contribution in [2.75, 3.05) is 14.2 Å². The van der Waals surface area contributed by atoms with Crippen LogP contribution in [-0.2, 0) is 0 Å². The molecule has 1 aromatic heterocycles. The van der Waals surface area contributed by atoms with E-state index in [1.807, 2.05) is 12.1 Å². The molecule has 1 aromatic carbocycles. The lowest BCUT2D eigenvalue weighted by Crippen LogP contribution is -1.95. The second-order valence-corrected chi connectivity index (χ2v) is 3.62. The number of methoxy groups -OCH3 is 2. The van der Waals surface area contributed by atoms with Crippen molar-refractivity contribution in [3.05, 3.63) is 42.2 Å². The van der Waals surface area contributed by atoms with E-state index < -0.39 is 0 Å². The first kappa shape index (κ1) is 12.1. The Labute approximate surface area is 105 Å². The summed E-state index contributed by atoms with van der Waals surface area (Å²) in [7, 11) is 3.14. The van der Waals surface area contributed by atoms with Crippen LogP contribution in [0.15, 0.2) is 36.7 Å². The highest BCUT2D eigenvalue weighted by molar-refractivity contribution is 5.89. The molecule has 4 nitrogen and oxygen atoms in total. The van der Waals surface area contributed by atoms with Gasteiger partial charge in [0.25, 0.3) is 0 Å².